The van der Waals surface area contributed by atoms with Crippen molar-refractivity contribution < 1.29 is 4.74 Å². The van der Waals surface area contributed by atoms with E-state index in [1.54, 1.807) is 11.3 Å². The van der Waals surface area contributed by atoms with Gasteiger partial charge in [-0.15, -0.1) is 11.3 Å². The number of thiazole rings is 1. The van der Waals surface area contributed by atoms with Gasteiger partial charge < -0.3 is 4.74 Å². The lowest BCUT2D eigenvalue weighted by atomic mass is 10.3. The molecule has 0 radical (unpaired) electrons. The monoisotopic (exact) mass is 207 g/mol. The van der Waals surface area contributed by atoms with E-state index in [1.165, 1.54) is 11.1 Å². The highest BCUT2D eigenvalue weighted by Crippen LogP contribution is 2.23. The fraction of sp³-hybridized carbons (Fsp3) is 0.364. The number of unbranched alkanes of at least 4 members (excludes halogenated alkanes) is 1. The van der Waals surface area contributed by atoms with Crippen molar-refractivity contribution in [1.29, 1.82) is 0 Å². The average molecular weight is 207 g/mol. The molecule has 2 nitrogen and oxygen atoms in total. The van der Waals surface area contributed by atoms with Crippen LogP contribution >= 0.6 is 11.3 Å². The number of rotatable bonds is 4. The molecule has 2 aromatic rings. The summed E-state index contributed by atoms with van der Waals surface area (Å²) in [6.45, 7) is 2.97. The van der Waals surface area contributed by atoms with E-state index in [-0.39, 0.29) is 0 Å². The van der Waals surface area contributed by atoms with Crippen LogP contribution < -0.4 is 4.74 Å². The van der Waals surface area contributed by atoms with Crippen LogP contribution in [-0.4, -0.2) is 11.6 Å². The van der Waals surface area contributed by atoms with Gasteiger partial charge in [0.15, 0.2) is 0 Å². The van der Waals surface area contributed by atoms with E-state index in [4.69, 9.17) is 4.74 Å². The third-order valence-electron chi connectivity index (χ3n) is 2.07. The van der Waals surface area contributed by atoms with Gasteiger partial charge >= 0.3 is 0 Å². The zero-order chi connectivity index (χ0) is 9.80. The second kappa shape index (κ2) is 4.42. The quantitative estimate of drug-likeness (QED) is 0.716. The van der Waals surface area contributed by atoms with Crippen LogP contribution in [0.1, 0.15) is 19.8 Å². The largest absolute Gasteiger partial charge is 0.494 e. The number of ether oxygens (including phenoxy) is 1. The summed E-state index contributed by atoms with van der Waals surface area (Å²) in [5.41, 5.74) is 2.92. The van der Waals surface area contributed by atoms with Crippen LogP contribution in [-0.2, 0) is 0 Å². The highest BCUT2D eigenvalue weighted by atomic mass is 32.1. The van der Waals surface area contributed by atoms with Crippen LogP contribution in [0.3, 0.4) is 0 Å². The summed E-state index contributed by atoms with van der Waals surface area (Å²) in [5.74, 6) is 0.954. The predicted molar refractivity (Wildman–Crippen MR) is 60.0 cm³/mol. The van der Waals surface area contributed by atoms with Gasteiger partial charge in [0.25, 0.3) is 0 Å². The minimum Gasteiger partial charge on any atom is -0.494 e. The molecule has 74 valence electrons. The highest BCUT2D eigenvalue weighted by molar-refractivity contribution is 7.16. The standard InChI is InChI=1S/C11H13NOS/c1-2-3-6-13-9-4-5-10-11(7-9)14-8-12-10/h4-5,7-8H,2-3,6H2,1H3. The van der Waals surface area contributed by atoms with Gasteiger partial charge in [-0.25, -0.2) is 4.98 Å². The Morgan fingerprint density at radius 2 is 2.36 bits per heavy atom. The lowest BCUT2D eigenvalue weighted by Crippen LogP contribution is -1.95. The summed E-state index contributed by atoms with van der Waals surface area (Å²) in [6, 6.07) is 6.05. The van der Waals surface area contributed by atoms with Gasteiger partial charge in [-0.3, -0.25) is 0 Å². The third kappa shape index (κ3) is 2.04. The molecule has 0 N–H and O–H groups in total. The van der Waals surface area contributed by atoms with E-state index in [9.17, 15) is 0 Å². The molecule has 0 aliphatic carbocycles. The van der Waals surface area contributed by atoms with Gasteiger partial charge in [0.1, 0.15) is 5.75 Å². The molecule has 0 fully saturated rings. The van der Waals surface area contributed by atoms with Crippen molar-refractivity contribution in [3.05, 3.63) is 23.7 Å². The topological polar surface area (TPSA) is 22.1 Å². The maximum atomic E-state index is 5.60. The fourth-order valence-corrected chi connectivity index (χ4v) is 1.97. The molecule has 2 rings (SSSR count). The van der Waals surface area contributed by atoms with Crippen molar-refractivity contribution in [3.8, 4) is 5.75 Å². The molecule has 0 aliphatic heterocycles. The van der Waals surface area contributed by atoms with Crippen LogP contribution in [0.25, 0.3) is 10.2 Å². The summed E-state index contributed by atoms with van der Waals surface area (Å²) in [4.78, 5) is 4.22. The predicted octanol–water partition coefficient (Wildman–Crippen LogP) is 3.48. The minimum absolute atomic E-state index is 0.806. The van der Waals surface area contributed by atoms with Crippen molar-refractivity contribution in [2.24, 2.45) is 0 Å². The normalized spacial score (nSPS) is 10.6. The van der Waals surface area contributed by atoms with Gasteiger partial charge in [0.05, 0.1) is 22.3 Å². The fourth-order valence-electron chi connectivity index (χ4n) is 1.26. The van der Waals surface area contributed by atoms with Crippen molar-refractivity contribution in [2.75, 3.05) is 6.61 Å². The van der Waals surface area contributed by atoms with E-state index < -0.39 is 0 Å². The molecule has 0 aliphatic rings. The van der Waals surface area contributed by atoms with E-state index in [1.807, 2.05) is 17.6 Å². The highest BCUT2D eigenvalue weighted by Gasteiger charge is 1.98. The first kappa shape index (κ1) is 9.46. The van der Waals surface area contributed by atoms with Crippen molar-refractivity contribution in [2.45, 2.75) is 19.8 Å². The molecule has 0 atom stereocenters. The molecule has 1 aromatic carbocycles. The lowest BCUT2D eigenvalue weighted by Gasteiger charge is -2.04. The van der Waals surface area contributed by atoms with Crippen LogP contribution in [0.15, 0.2) is 23.7 Å². The number of fused-ring (bicyclic) bond motifs is 1. The molecular formula is C11H13NOS. The van der Waals surface area contributed by atoms with E-state index >= 15 is 0 Å². The maximum absolute atomic E-state index is 5.60. The molecule has 0 saturated carbocycles. The summed E-state index contributed by atoms with van der Waals surface area (Å²) < 4.78 is 6.80. The Kier molecular flexibility index (Phi) is 2.99. The van der Waals surface area contributed by atoms with Gasteiger partial charge in [-0.1, -0.05) is 13.3 Å². The van der Waals surface area contributed by atoms with Gasteiger partial charge in [-0.05, 0) is 24.6 Å². The van der Waals surface area contributed by atoms with Crippen molar-refractivity contribution in [1.82, 2.24) is 4.98 Å². The van der Waals surface area contributed by atoms with Crippen LogP contribution in [0.4, 0.5) is 0 Å². The molecular weight excluding hydrogens is 194 g/mol. The Balaban J connectivity index is 2.10. The third-order valence-corrected chi connectivity index (χ3v) is 2.86. The zero-order valence-corrected chi connectivity index (χ0v) is 9.01. The zero-order valence-electron chi connectivity index (χ0n) is 8.19. The van der Waals surface area contributed by atoms with E-state index in [2.05, 4.69) is 18.0 Å². The Bertz CT molecular complexity index is 410. The number of hydrogen-bond acceptors (Lipinski definition) is 3. The molecule has 3 heteroatoms. The number of nitrogens with zero attached hydrogens (tertiary/aromatic N) is 1. The molecule has 14 heavy (non-hydrogen) atoms. The Hall–Kier alpha value is -1.09. The Labute approximate surface area is 87.5 Å². The SMILES string of the molecule is CCCCOc1ccc2ncsc2c1. The maximum Gasteiger partial charge on any atom is 0.120 e. The first-order valence-electron chi connectivity index (χ1n) is 4.86. The summed E-state index contributed by atoms with van der Waals surface area (Å²) >= 11 is 1.65. The second-order valence-electron chi connectivity index (χ2n) is 3.18. The molecule has 1 aromatic heterocycles. The summed E-state index contributed by atoms with van der Waals surface area (Å²) in [7, 11) is 0. The first-order valence-corrected chi connectivity index (χ1v) is 5.74. The molecule has 0 spiro atoms. The van der Waals surface area contributed by atoms with Gasteiger partial charge in [-0.2, -0.15) is 0 Å². The Morgan fingerprint density at radius 3 is 3.21 bits per heavy atom. The van der Waals surface area contributed by atoms with Crippen LogP contribution in [0, 0.1) is 0 Å². The van der Waals surface area contributed by atoms with Crippen LogP contribution in [0.2, 0.25) is 0 Å². The van der Waals surface area contributed by atoms with Crippen LogP contribution in [0.5, 0.6) is 5.75 Å². The minimum atomic E-state index is 0.806. The summed E-state index contributed by atoms with van der Waals surface area (Å²) in [6.07, 6.45) is 2.28. The summed E-state index contributed by atoms with van der Waals surface area (Å²) in [5, 5.41) is 0. The lowest BCUT2D eigenvalue weighted by molar-refractivity contribution is 0.310. The molecule has 0 saturated heterocycles. The smallest absolute Gasteiger partial charge is 0.120 e. The van der Waals surface area contributed by atoms with Gasteiger partial charge in [0, 0.05) is 0 Å². The first-order chi connectivity index (χ1) is 6.90. The second-order valence-corrected chi connectivity index (χ2v) is 4.07. The number of hydrogen-bond donors (Lipinski definition) is 0. The Morgan fingerprint density at radius 1 is 1.43 bits per heavy atom. The van der Waals surface area contributed by atoms with Crippen molar-refractivity contribution >= 4 is 21.6 Å². The molecule has 0 bridgehead atoms. The van der Waals surface area contributed by atoms with Gasteiger partial charge in [0.2, 0.25) is 0 Å². The van der Waals surface area contributed by atoms with Crippen molar-refractivity contribution in [3.63, 3.8) is 0 Å². The average Bonchev–Trinajstić information content (AvgIpc) is 2.65. The molecule has 0 unspecified atom stereocenters. The van der Waals surface area contributed by atoms with E-state index in [0.29, 0.717) is 0 Å². The molecule has 1 heterocycles. The number of benzene rings is 1. The number of aromatic nitrogens is 1. The van der Waals surface area contributed by atoms with E-state index in [0.717, 1.165) is 24.3 Å². The molecule has 0 amide bonds.